The number of rotatable bonds is 10. The van der Waals surface area contributed by atoms with Crippen molar-refractivity contribution in [1.29, 1.82) is 0 Å². The number of ether oxygens (including phenoxy) is 2. The molecule has 0 unspecified atom stereocenters. The van der Waals surface area contributed by atoms with Crippen LogP contribution in [0.3, 0.4) is 0 Å². The van der Waals surface area contributed by atoms with Crippen LogP contribution in [0.5, 0.6) is 11.5 Å². The average Bonchev–Trinajstić information content (AvgIpc) is 4.26. The molecule has 0 radical (unpaired) electrons. The highest BCUT2D eigenvalue weighted by Crippen LogP contribution is 2.33. The molecule has 6 aromatic heterocycles. The lowest BCUT2D eigenvalue weighted by Gasteiger charge is -2.39. The first-order valence-electron chi connectivity index (χ1n) is 23.1. The lowest BCUT2D eigenvalue weighted by Crippen LogP contribution is -2.56. The maximum atomic E-state index is 13.4. The molecule has 2 saturated heterocycles. The number of methoxy groups -OCH3 is 2. The molecule has 23 nitrogen and oxygen atoms in total. The van der Waals surface area contributed by atoms with Crippen molar-refractivity contribution < 1.29 is 43.3 Å². The average molecular weight is 993 g/mol. The smallest absolute Gasteiger partial charge is 0.377 e. The molecule has 73 heavy (non-hydrogen) atoms. The molecular formula is C50H52N14O9. The number of carboxylic acids is 1. The maximum absolute atomic E-state index is 13.4. The van der Waals surface area contributed by atoms with E-state index in [1.54, 1.807) is 30.9 Å². The fourth-order valence-corrected chi connectivity index (χ4v) is 8.57. The van der Waals surface area contributed by atoms with E-state index in [2.05, 4.69) is 52.3 Å². The number of hydrogen-bond acceptors (Lipinski definition) is 15. The van der Waals surface area contributed by atoms with Gasteiger partial charge in [0.25, 0.3) is 29.3 Å². The van der Waals surface area contributed by atoms with E-state index in [1.807, 2.05) is 60.4 Å². The van der Waals surface area contributed by atoms with Crippen LogP contribution in [-0.2, 0) is 9.59 Å². The molecule has 376 valence electrons. The summed E-state index contributed by atoms with van der Waals surface area (Å²) in [6.07, 6.45) is 8.69. The van der Waals surface area contributed by atoms with E-state index in [4.69, 9.17) is 14.6 Å². The molecule has 2 atom stereocenters. The van der Waals surface area contributed by atoms with Gasteiger partial charge in [0.1, 0.15) is 35.8 Å². The summed E-state index contributed by atoms with van der Waals surface area (Å²) in [6.45, 7) is 10.9. The van der Waals surface area contributed by atoms with Crippen molar-refractivity contribution in [2.75, 3.05) is 53.5 Å². The van der Waals surface area contributed by atoms with Gasteiger partial charge < -0.3 is 44.6 Å². The molecule has 23 heteroatoms. The van der Waals surface area contributed by atoms with E-state index >= 15 is 0 Å². The Balaban J connectivity index is 0.000000162. The molecule has 0 bridgehead atoms. The van der Waals surface area contributed by atoms with Crippen molar-refractivity contribution in [3.63, 3.8) is 0 Å². The number of fused-ring (bicyclic) bond motifs is 2. The standard InChI is InChI=1S/C25H25N7O4.C13H11N5O4.C12H16N2O/c1-15-13-30(9-10-31(15)24(34)17-7-5-4-6-8-17)25(35)22(33)18-11-26-21-20(18)19(36-3)12-27-23(21)32-14-28-16(2)29-32;1-6-16-5-18(17-6)12-10-9(8(22-2)4-15-12)7(3-14-10)11(19)13(20)21;1-10-9-13-7-8-14(10)12(15)11-5-3-2-4-6-11/h4-8,11-12,14-15,26H,9-10,13H2,1-3H3;3-5,14H,1-2H3,(H,20,21);2-6,10,13H,7-9H2,1H3/t15-;;10-/m1.1/s1. The van der Waals surface area contributed by atoms with Crippen molar-refractivity contribution in [2.24, 2.45) is 0 Å². The number of aryl methyl sites for hydroxylation is 2. The number of pyridine rings is 2. The monoisotopic (exact) mass is 992 g/mol. The number of aromatic amines is 2. The topological polar surface area (TPSA) is 282 Å². The van der Waals surface area contributed by atoms with Crippen molar-refractivity contribution in [3.8, 4) is 23.1 Å². The van der Waals surface area contributed by atoms with Crippen LogP contribution in [0.25, 0.3) is 33.4 Å². The second-order valence-electron chi connectivity index (χ2n) is 17.0. The van der Waals surface area contributed by atoms with Crippen LogP contribution in [0.2, 0.25) is 0 Å². The van der Waals surface area contributed by atoms with Gasteiger partial charge in [0.15, 0.2) is 11.6 Å². The molecule has 2 aliphatic heterocycles. The predicted molar refractivity (Wildman–Crippen MR) is 264 cm³/mol. The van der Waals surface area contributed by atoms with E-state index in [0.29, 0.717) is 68.7 Å². The molecule has 0 aliphatic carbocycles. The van der Waals surface area contributed by atoms with Crippen molar-refractivity contribution in [3.05, 3.63) is 132 Å². The summed E-state index contributed by atoms with van der Waals surface area (Å²) in [5, 5.41) is 21.4. The molecule has 10 rings (SSSR count). The lowest BCUT2D eigenvalue weighted by atomic mass is 10.1. The summed E-state index contributed by atoms with van der Waals surface area (Å²) in [4.78, 5) is 102. The van der Waals surface area contributed by atoms with Gasteiger partial charge in [-0.2, -0.15) is 10.2 Å². The molecule has 8 aromatic rings. The number of H-pyrrole nitrogens is 2. The van der Waals surface area contributed by atoms with Crippen LogP contribution in [0.15, 0.2) is 98.1 Å². The Bertz CT molecular complexity index is 3330. The van der Waals surface area contributed by atoms with Crippen LogP contribution >= 0.6 is 0 Å². The molecule has 0 spiro atoms. The third-order valence-electron chi connectivity index (χ3n) is 12.3. The summed E-state index contributed by atoms with van der Waals surface area (Å²) in [6, 6.07) is 18.5. The zero-order valence-electron chi connectivity index (χ0n) is 40.8. The first-order chi connectivity index (χ1) is 35.2. The minimum Gasteiger partial charge on any atom is -0.494 e. The Morgan fingerprint density at radius 3 is 1.53 bits per heavy atom. The number of amides is 3. The largest absolute Gasteiger partial charge is 0.494 e. The Kier molecular flexibility index (Phi) is 15.1. The normalized spacial score (nSPS) is 15.5. The molecule has 3 amide bonds. The number of piperazine rings is 2. The number of carbonyl (C=O) groups excluding carboxylic acids is 5. The maximum Gasteiger partial charge on any atom is 0.377 e. The molecule has 2 aliphatic rings. The van der Waals surface area contributed by atoms with Gasteiger partial charge in [-0.15, -0.1) is 0 Å². The second kappa shape index (κ2) is 21.9. The molecule has 0 saturated carbocycles. The third kappa shape index (κ3) is 10.5. The predicted octanol–water partition coefficient (Wildman–Crippen LogP) is 3.86. The van der Waals surface area contributed by atoms with E-state index in [9.17, 15) is 28.8 Å². The van der Waals surface area contributed by atoms with Crippen LogP contribution in [-0.4, -0.2) is 170 Å². The van der Waals surface area contributed by atoms with Gasteiger partial charge in [-0.25, -0.2) is 34.1 Å². The van der Waals surface area contributed by atoms with Crippen LogP contribution in [0.1, 0.15) is 66.9 Å². The first-order valence-corrected chi connectivity index (χ1v) is 23.1. The Hall–Kier alpha value is -9.12. The molecular weight excluding hydrogens is 941 g/mol. The van der Waals surface area contributed by atoms with E-state index < -0.39 is 23.4 Å². The SMILES string of the molecule is COc1cnc(-n2cnc(C)n2)c2[nH]cc(C(=O)C(=O)N3CCN(C(=O)c4ccccc4)[C@H](C)C3)c12.COc1cnc(-n2cnc(C)n2)c2[nH]cc(C(=O)C(=O)O)c12.C[C@@H]1CNCCN1C(=O)c1ccccc1. The molecule has 8 heterocycles. The summed E-state index contributed by atoms with van der Waals surface area (Å²) in [7, 11) is 2.89. The molecule has 2 aromatic carbocycles. The third-order valence-corrected chi connectivity index (χ3v) is 12.3. The summed E-state index contributed by atoms with van der Waals surface area (Å²) >= 11 is 0. The highest BCUT2D eigenvalue weighted by molar-refractivity contribution is 6.45. The van der Waals surface area contributed by atoms with Gasteiger partial charge in [-0.3, -0.25) is 24.0 Å². The minimum atomic E-state index is -1.54. The van der Waals surface area contributed by atoms with E-state index in [0.717, 1.165) is 25.2 Å². The number of benzene rings is 2. The Morgan fingerprint density at radius 1 is 0.630 bits per heavy atom. The number of aliphatic carboxylic acids is 1. The number of nitrogens with zero attached hydrogens (tertiary/aromatic N) is 11. The van der Waals surface area contributed by atoms with Gasteiger partial charge in [0.2, 0.25) is 0 Å². The highest BCUT2D eigenvalue weighted by atomic mass is 16.5. The number of Topliss-reactive ketones (excluding diaryl/α,β-unsaturated/α-hetero) is 2. The fraction of sp³-hybridized carbons (Fsp3) is 0.280. The number of ketones is 2. The van der Waals surface area contributed by atoms with Gasteiger partial charge in [-0.05, 0) is 52.0 Å². The zero-order valence-corrected chi connectivity index (χ0v) is 40.8. The van der Waals surface area contributed by atoms with E-state index in [-0.39, 0.29) is 48.1 Å². The summed E-state index contributed by atoms with van der Waals surface area (Å²) < 4.78 is 13.6. The van der Waals surface area contributed by atoms with Gasteiger partial charge >= 0.3 is 5.97 Å². The lowest BCUT2D eigenvalue weighted by molar-refractivity contribution is -0.132. The second-order valence-corrected chi connectivity index (χ2v) is 17.0. The minimum absolute atomic E-state index is 0.000151. The van der Waals surface area contributed by atoms with Crippen LogP contribution in [0.4, 0.5) is 0 Å². The molecule has 2 fully saturated rings. The summed E-state index contributed by atoms with van der Waals surface area (Å²) in [5.74, 6) is -1.23. The zero-order chi connectivity index (χ0) is 51.9. The van der Waals surface area contributed by atoms with Crippen LogP contribution < -0.4 is 14.8 Å². The Morgan fingerprint density at radius 2 is 1.11 bits per heavy atom. The highest BCUT2D eigenvalue weighted by Gasteiger charge is 2.35. The number of nitrogens with one attached hydrogen (secondary N) is 3. The molecule has 4 N–H and O–H groups in total. The first kappa shape index (κ1) is 50.3. The Labute approximate surface area is 417 Å². The van der Waals surface area contributed by atoms with Gasteiger partial charge in [0, 0.05) is 74.9 Å². The van der Waals surface area contributed by atoms with Crippen molar-refractivity contribution in [2.45, 2.75) is 39.8 Å². The van der Waals surface area contributed by atoms with Gasteiger partial charge in [0.05, 0.1) is 59.5 Å². The van der Waals surface area contributed by atoms with Gasteiger partial charge in [-0.1, -0.05) is 36.4 Å². The number of hydrogen-bond donors (Lipinski definition) is 4. The van der Waals surface area contributed by atoms with Crippen molar-refractivity contribution >= 4 is 57.1 Å². The van der Waals surface area contributed by atoms with Crippen LogP contribution in [0, 0.1) is 13.8 Å². The number of carbonyl (C=O) groups is 6. The van der Waals surface area contributed by atoms with Crippen molar-refractivity contribution in [1.82, 2.24) is 69.5 Å². The number of aromatic nitrogens is 10. The fourth-order valence-electron chi connectivity index (χ4n) is 8.57. The quantitative estimate of drug-likeness (QED) is 0.112. The summed E-state index contributed by atoms with van der Waals surface area (Å²) in [5.41, 5.74) is 2.50. The number of carboxylic acid groups (broad SMARTS) is 1. The van der Waals surface area contributed by atoms with E-state index in [1.165, 1.54) is 65.9 Å².